The third-order valence-corrected chi connectivity index (χ3v) is 5.49. The number of carbonyl (C=O) groups excluding carboxylic acids is 1. The molecular formula is C21H21BrN6O. The number of amides is 1. The summed E-state index contributed by atoms with van der Waals surface area (Å²) in [5, 5.41) is 12.5. The molecule has 0 saturated heterocycles. The third kappa shape index (κ3) is 3.80. The van der Waals surface area contributed by atoms with E-state index in [-0.39, 0.29) is 5.91 Å². The summed E-state index contributed by atoms with van der Waals surface area (Å²) in [6, 6.07) is 9.51. The van der Waals surface area contributed by atoms with Gasteiger partial charge in [-0.05, 0) is 41.9 Å². The second kappa shape index (κ2) is 8.16. The van der Waals surface area contributed by atoms with Gasteiger partial charge < -0.3 is 5.32 Å². The molecule has 7 nitrogen and oxygen atoms in total. The third-order valence-electron chi connectivity index (χ3n) is 4.83. The lowest BCUT2D eigenvalue weighted by Gasteiger charge is -2.11. The first-order valence-electron chi connectivity index (χ1n) is 9.51. The molecule has 0 radical (unpaired) electrons. The molecule has 0 aliphatic heterocycles. The highest BCUT2D eigenvalue weighted by molar-refractivity contribution is 9.10. The zero-order valence-electron chi connectivity index (χ0n) is 16.3. The van der Waals surface area contributed by atoms with E-state index in [2.05, 4.69) is 31.4 Å². The lowest BCUT2D eigenvalue weighted by molar-refractivity contribution is 0.0951. The van der Waals surface area contributed by atoms with Crippen LogP contribution in [-0.2, 0) is 19.6 Å². The standard InChI is InChI=1S/C21H21BrN6O/c1-3-27-13-14(10-24-27)19-9-16(15-7-5-6-8-18(15)26-19)21(29)23-12-20-17(22)11-25-28(20)4-2/h5-11,13H,3-4,12H2,1-2H3,(H,23,29). The molecule has 0 bridgehead atoms. The topological polar surface area (TPSA) is 77.6 Å². The first-order chi connectivity index (χ1) is 14.1. The summed E-state index contributed by atoms with van der Waals surface area (Å²) >= 11 is 3.50. The van der Waals surface area contributed by atoms with E-state index in [0.717, 1.165) is 45.4 Å². The maximum absolute atomic E-state index is 13.1. The molecule has 3 heterocycles. The van der Waals surface area contributed by atoms with Gasteiger partial charge in [0.25, 0.3) is 5.91 Å². The normalized spacial score (nSPS) is 11.1. The molecule has 4 aromatic rings. The fraction of sp³-hybridized carbons (Fsp3) is 0.238. The molecule has 0 atom stereocenters. The number of hydrogen-bond donors (Lipinski definition) is 1. The van der Waals surface area contributed by atoms with Crippen LogP contribution in [0.2, 0.25) is 0 Å². The largest absolute Gasteiger partial charge is 0.346 e. The Morgan fingerprint density at radius 2 is 1.97 bits per heavy atom. The van der Waals surface area contributed by atoms with Gasteiger partial charge in [0.05, 0.1) is 45.9 Å². The van der Waals surface area contributed by atoms with Gasteiger partial charge in [-0.3, -0.25) is 14.2 Å². The van der Waals surface area contributed by atoms with Crippen LogP contribution in [0.4, 0.5) is 0 Å². The Morgan fingerprint density at radius 1 is 1.14 bits per heavy atom. The Labute approximate surface area is 176 Å². The van der Waals surface area contributed by atoms with E-state index >= 15 is 0 Å². The molecule has 1 amide bonds. The molecule has 0 spiro atoms. The summed E-state index contributed by atoms with van der Waals surface area (Å²) in [5.74, 6) is -0.150. The maximum Gasteiger partial charge on any atom is 0.252 e. The molecule has 4 rings (SSSR count). The monoisotopic (exact) mass is 452 g/mol. The highest BCUT2D eigenvalue weighted by atomic mass is 79.9. The van der Waals surface area contributed by atoms with E-state index < -0.39 is 0 Å². The van der Waals surface area contributed by atoms with Crippen LogP contribution in [0.1, 0.15) is 29.9 Å². The SMILES string of the molecule is CCn1cc(-c2cc(C(=O)NCc3c(Br)cnn3CC)c3ccccc3n2)cn1. The van der Waals surface area contributed by atoms with E-state index in [1.54, 1.807) is 12.4 Å². The Balaban J connectivity index is 1.69. The van der Waals surface area contributed by atoms with Crippen molar-refractivity contribution >= 4 is 32.7 Å². The second-order valence-electron chi connectivity index (χ2n) is 6.59. The lowest BCUT2D eigenvalue weighted by atomic mass is 10.0. The second-order valence-corrected chi connectivity index (χ2v) is 7.45. The summed E-state index contributed by atoms with van der Waals surface area (Å²) in [5.41, 5.74) is 3.92. The van der Waals surface area contributed by atoms with Gasteiger partial charge in [-0.2, -0.15) is 10.2 Å². The first-order valence-corrected chi connectivity index (χ1v) is 10.3. The molecule has 0 aliphatic rings. The predicted octanol–water partition coefficient (Wildman–Crippen LogP) is 4.03. The molecule has 1 aromatic carbocycles. The van der Waals surface area contributed by atoms with E-state index in [1.807, 2.05) is 59.7 Å². The lowest BCUT2D eigenvalue weighted by Crippen LogP contribution is -2.25. The van der Waals surface area contributed by atoms with Crippen molar-refractivity contribution in [1.82, 2.24) is 29.9 Å². The summed E-state index contributed by atoms with van der Waals surface area (Å²) < 4.78 is 4.58. The predicted molar refractivity (Wildman–Crippen MR) is 115 cm³/mol. The van der Waals surface area contributed by atoms with Crippen LogP contribution in [0.3, 0.4) is 0 Å². The average Bonchev–Trinajstić information content (AvgIpc) is 3.37. The molecule has 148 valence electrons. The molecule has 0 aliphatic carbocycles. The van der Waals surface area contributed by atoms with Crippen LogP contribution in [0, 0.1) is 0 Å². The number of hydrogen-bond acceptors (Lipinski definition) is 4. The van der Waals surface area contributed by atoms with Crippen LogP contribution in [0.5, 0.6) is 0 Å². The smallest absolute Gasteiger partial charge is 0.252 e. The fourth-order valence-corrected chi connectivity index (χ4v) is 3.71. The van der Waals surface area contributed by atoms with Gasteiger partial charge in [0.15, 0.2) is 0 Å². The van der Waals surface area contributed by atoms with Crippen molar-refractivity contribution in [1.29, 1.82) is 0 Å². The minimum absolute atomic E-state index is 0.150. The number of fused-ring (bicyclic) bond motifs is 1. The summed E-state index contributed by atoms with van der Waals surface area (Å²) in [7, 11) is 0. The van der Waals surface area contributed by atoms with Crippen LogP contribution < -0.4 is 5.32 Å². The average molecular weight is 453 g/mol. The molecule has 8 heteroatoms. The zero-order chi connectivity index (χ0) is 20.4. The highest BCUT2D eigenvalue weighted by Crippen LogP contribution is 2.25. The van der Waals surface area contributed by atoms with Gasteiger partial charge in [0.1, 0.15) is 0 Å². The minimum Gasteiger partial charge on any atom is -0.346 e. The number of pyridine rings is 1. The number of rotatable bonds is 6. The van der Waals surface area contributed by atoms with Crippen LogP contribution in [0.25, 0.3) is 22.2 Å². The van der Waals surface area contributed by atoms with Gasteiger partial charge in [-0.1, -0.05) is 18.2 Å². The van der Waals surface area contributed by atoms with E-state index in [4.69, 9.17) is 4.98 Å². The van der Waals surface area contributed by atoms with E-state index in [9.17, 15) is 4.79 Å². The summed E-state index contributed by atoms with van der Waals surface area (Å²) in [6.07, 6.45) is 5.46. The molecule has 0 fully saturated rings. The number of halogens is 1. The van der Waals surface area contributed by atoms with Crippen molar-refractivity contribution in [3.8, 4) is 11.3 Å². The molecule has 29 heavy (non-hydrogen) atoms. The van der Waals surface area contributed by atoms with Crippen molar-refractivity contribution in [2.24, 2.45) is 0 Å². The summed E-state index contributed by atoms with van der Waals surface area (Å²) in [4.78, 5) is 17.8. The van der Waals surface area contributed by atoms with E-state index in [0.29, 0.717) is 12.1 Å². The van der Waals surface area contributed by atoms with Crippen LogP contribution >= 0.6 is 15.9 Å². The highest BCUT2D eigenvalue weighted by Gasteiger charge is 2.16. The molecule has 0 saturated carbocycles. The van der Waals surface area contributed by atoms with E-state index in [1.165, 1.54) is 0 Å². The Kier molecular flexibility index (Phi) is 5.44. The number of nitrogens with zero attached hydrogens (tertiary/aromatic N) is 5. The van der Waals surface area contributed by atoms with Gasteiger partial charge in [0.2, 0.25) is 0 Å². The molecular weight excluding hydrogens is 432 g/mol. The molecule has 1 N–H and O–H groups in total. The zero-order valence-corrected chi connectivity index (χ0v) is 17.8. The number of aromatic nitrogens is 5. The Hall–Kier alpha value is -3.00. The molecule has 3 aromatic heterocycles. The van der Waals surface area contributed by atoms with Gasteiger partial charge in [0, 0.05) is 30.2 Å². The number of para-hydroxylation sites is 1. The van der Waals surface area contributed by atoms with Crippen molar-refractivity contribution in [2.45, 2.75) is 33.5 Å². The summed E-state index contributed by atoms with van der Waals surface area (Å²) in [6.45, 7) is 5.95. The fourth-order valence-electron chi connectivity index (χ4n) is 3.28. The number of carbonyl (C=O) groups is 1. The quantitative estimate of drug-likeness (QED) is 0.478. The maximum atomic E-state index is 13.1. The number of nitrogens with one attached hydrogen (secondary N) is 1. The van der Waals surface area contributed by atoms with Gasteiger partial charge in [-0.15, -0.1) is 0 Å². The first kappa shape index (κ1) is 19.3. The Morgan fingerprint density at radius 3 is 2.72 bits per heavy atom. The van der Waals surface area contributed by atoms with Crippen molar-refractivity contribution in [3.05, 3.63) is 64.7 Å². The van der Waals surface area contributed by atoms with Gasteiger partial charge in [-0.25, -0.2) is 4.98 Å². The minimum atomic E-state index is -0.150. The van der Waals surface area contributed by atoms with Gasteiger partial charge >= 0.3 is 0 Å². The number of benzene rings is 1. The molecule has 0 unspecified atom stereocenters. The van der Waals surface area contributed by atoms with Crippen molar-refractivity contribution < 1.29 is 4.79 Å². The number of aryl methyl sites for hydroxylation is 2. The Bertz CT molecular complexity index is 1180. The van der Waals surface area contributed by atoms with Crippen LogP contribution in [-0.4, -0.2) is 30.5 Å². The van der Waals surface area contributed by atoms with Crippen molar-refractivity contribution in [3.63, 3.8) is 0 Å². The van der Waals surface area contributed by atoms with Crippen LogP contribution in [0.15, 0.2) is 53.4 Å². The van der Waals surface area contributed by atoms with Crippen molar-refractivity contribution in [2.75, 3.05) is 0 Å².